The van der Waals surface area contributed by atoms with Gasteiger partial charge in [0.15, 0.2) is 6.61 Å². The van der Waals surface area contributed by atoms with E-state index in [4.69, 9.17) is 4.74 Å². The van der Waals surface area contributed by atoms with Gasteiger partial charge in [0.25, 0.3) is 5.91 Å². The lowest BCUT2D eigenvalue weighted by atomic mass is 10.2. The highest BCUT2D eigenvalue weighted by Crippen LogP contribution is 2.21. The van der Waals surface area contributed by atoms with E-state index in [1.54, 1.807) is 36.5 Å². The van der Waals surface area contributed by atoms with E-state index in [2.05, 4.69) is 15.0 Å². The van der Waals surface area contributed by atoms with Crippen LogP contribution in [0.25, 0.3) is 17.0 Å². The maximum absolute atomic E-state index is 12.1. The molecule has 0 aliphatic carbocycles. The molecule has 0 atom stereocenters. The molecule has 0 unspecified atom stereocenters. The molecule has 0 aliphatic rings. The van der Waals surface area contributed by atoms with Gasteiger partial charge in [0, 0.05) is 17.0 Å². The highest BCUT2D eigenvalue weighted by atomic mass is 32.2. The normalized spacial score (nSPS) is 11.5. The smallest absolute Gasteiger partial charge is 0.321 e. The Morgan fingerprint density at radius 3 is 2.61 bits per heavy atom. The monoisotopic (exact) mass is 439 g/mol. The zero-order valence-electron chi connectivity index (χ0n) is 16.7. The van der Waals surface area contributed by atoms with Crippen molar-refractivity contribution < 1.29 is 22.7 Å². The minimum absolute atomic E-state index is 0.536. The number of aryl methyl sites for hydroxylation is 1. The summed E-state index contributed by atoms with van der Waals surface area (Å²) in [5.74, 6) is -1.42. The summed E-state index contributed by atoms with van der Waals surface area (Å²) in [7, 11) is -3.84. The summed E-state index contributed by atoms with van der Waals surface area (Å²) in [4.78, 5) is 28.1. The van der Waals surface area contributed by atoms with E-state index in [9.17, 15) is 18.0 Å². The Morgan fingerprint density at radius 1 is 1.06 bits per heavy atom. The summed E-state index contributed by atoms with van der Waals surface area (Å²) in [6.07, 6.45) is 3.06. The van der Waals surface area contributed by atoms with Gasteiger partial charge in [-0.1, -0.05) is 35.9 Å². The predicted octanol–water partition coefficient (Wildman–Crippen LogP) is 2.62. The second kappa shape index (κ2) is 9.96. The number of hydrogen-bond donors (Lipinski definition) is 2. The molecule has 0 radical (unpaired) electrons. The minimum atomic E-state index is -3.84. The number of hydrogen-bond acceptors (Lipinski definition) is 6. The highest BCUT2D eigenvalue weighted by Gasteiger charge is 2.12. The van der Waals surface area contributed by atoms with Crippen molar-refractivity contribution in [3.8, 4) is 0 Å². The van der Waals surface area contributed by atoms with Gasteiger partial charge >= 0.3 is 5.97 Å². The minimum Gasteiger partial charge on any atom is -0.455 e. The van der Waals surface area contributed by atoms with Crippen molar-refractivity contribution in [3.05, 3.63) is 77.3 Å². The molecule has 0 spiro atoms. The second-order valence-corrected chi connectivity index (χ2v) is 8.31. The van der Waals surface area contributed by atoms with Crippen molar-refractivity contribution in [2.24, 2.45) is 0 Å². The summed E-state index contributed by atoms with van der Waals surface area (Å²) in [5.41, 5.74) is 3.01. The molecule has 3 rings (SSSR count). The number of aromatic nitrogens is 1. The maximum atomic E-state index is 12.1. The summed E-state index contributed by atoms with van der Waals surface area (Å²) in [6.45, 7) is 0.791. The van der Waals surface area contributed by atoms with Crippen molar-refractivity contribution in [1.82, 2.24) is 9.71 Å². The summed E-state index contributed by atoms with van der Waals surface area (Å²) in [5, 5.41) is 4.36. The van der Waals surface area contributed by atoms with E-state index in [1.807, 2.05) is 31.2 Å². The Labute approximate surface area is 180 Å². The standard InChI is InChI=1S/C22H21N3O5S/c1-16-7-9-17(10-8-16)11-13-31(28,29)24-14-22(27)30-15-21(26)25-20-6-2-5-19-18(20)4-3-12-23-19/h2-13,24H,14-15H2,1H3,(H,25,26)/b13-11+. The fraction of sp³-hybridized carbons (Fsp3) is 0.136. The third-order valence-corrected chi connectivity index (χ3v) is 5.26. The average Bonchev–Trinajstić information content (AvgIpc) is 2.76. The lowest BCUT2D eigenvalue weighted by Crippen LogP contribution is -2.31. The molecule has 1 amide bonds. The van der Waals surface area contributed by atoms with Crippen LogP contribution < -0.4 is 10.0 Å². The Hall–Kier alpha value is -3.56. The molecule has 2 N–H and O–H groups in total. The molecule has 3 aromatic rings. The van der Waals surface area contributed by atoms with Gasteiger partial charge in [-0.2, -0.15) is 0 Å². The molecule has 0 aliphatic heterocycles. The summed E-state index contributed by atoms with van der Waals surface area (Å²) in [6, 6.07) is 16.1. The van der Waals surface area contributed by atoms with Crippen LogP contribution in [0, 0.1) is 6.92 Å². The van der Waals surface area contributed by atoms with Crippen LogP contribution in [0.3, 0.4) is 0 Å². The number of anilines is 1. The second-order valence-electron chi connectivity index (χ2n) is 6.66. The van der Waals surface area contributed by atoms with Gasteiger partial charge in [-0.25, -0.2) is 13.1 Å². The topological polar surface area (TPSA) is 114 Å². The zero-order chi connectivity index (χ0) is 22.3. The maximum Gasteiger partial charge on any atom is 0.321 e. The lowest BCUT2D eigenvalue weighted by Gasteiger charge is -2.09. The molecule has 0 fully saturated rings. The number of nitrogens with zero attached hydrogens (tertiary/aromatic N) is 1. The van der Waals surface area contributed by atoms with Crippen LogP contribution in [-0.2, 0) is 24.3 Å². The zero-order valence-corrected chi connectivity index (χ0v) is 17.6. The van der Waals surface area contributed by atoms with Crippen molar-refractivity contribution in [2.75, 3.05) is 18.5 Å². The quantitative estimate of drug-likeness (QED) is 0.522. The van der Waals surface area contributed by atoms with Crippen LogP contribution in [-0.4, -0.2) is 38.4 Å². The van der Waals surface area contributed by atoms with Crippen LogP contribution in [0.1, 0.15) is 11.1 Å². The third kappa shape index (κ3) is 6.73. The van der Waals surface area contributed by atoms with Gasteiger partial charge in [-0.15, -0.1) is 0 Å². The van der Waals surface area contributed by atoms with Gasteiger partial charge in [0.05, 0.1) is 11.2 Å². The first-order valence-electron chi connectivity index (χ1n) is 9.36. The van der Waals surface area contributed by atoms with Crippen molar-refractivity contribution in [3.63, 3.8) is 0 Å². The van der Waals surface area contributed by atoms with E-state index >= 15 is 0 Å². The molecule has 0 saturated carbocycles. The molecule has 2 aromatic carbocycles. The number of fused-ring (bicyclic) bond motifs is 1. The number of benzene rings is 2. The summed E-state index contributed by atoms with van der Waals surface area (Å²) >= 11 is 0. The first-order valence-corrected chi connectivity index (χ1v) is 10.9. The van der Waals surface area contributed by atoms with E-state index in [-0.39, 0.29) is 0 Å². The van der Waals surface area contributed by atoms with Crippen LogP contribution in [0.5, 0.6) is 0 Å². The van der Waals surface area contributed by atoms with Gasteiger partial charge in [-0.3, -0.25) is 14.6 Å². The largest absolute Gasteiger partial charge is 0.455 e. The predicted molar refractivity (Wildman–Crippen MR) is 118 cm³/mol. The van der Waals surface area contributed by atoms with E-state index in [1.165, 1.54) is 6.08 Å². The lowest BCUT2D eigenvalue weighted by molar-refractivity contribution is -0.146. The number of amides is 1. The Morgan fingerprint density at radius 2 is 1.84 bits per heavy atom. The molecule has 1 heterocycles. The van der Waals surface area contributed by atoms with Crippen LogP contribution in [0.2, 0.25) is 0 Å². The first kappa shape index (κ1) is 22.1. The van der Waals surface area contributed by atoms with Crippen LogP contribution in [0.15, 0.2) is 66.2 Å². The molecule has 8 nitrogen and oxygen atoms in total. The number of carbonyl (C=O) groups excluding carboxylic acids is 2. The van der Waals surface area contributed by atoms with Gasteiger partial charge in [0.2, 0.25) is 10.0 Å². The van der Waals surface area contributed by atoms with Gasteiger partial charge in [0.1, 0.15) is 6.54 Å². The van der Waals surface area contributed by atoms with Gasteiger partial charge < -0.3 is 10.1 Å². The van der Waals surface area contributed by atoms with Crippen LogP contribution >= 0.6 is 0 Å². The number of rotatable bonds is 8. The van der Waals surface area contributed by atoms with E-state index < -0.39 is 35.1 Å². The molecule has 160 valence electrons. The Bertz CT molecular complexity index is 1220. The number of carbonyl (C=O) groups is 2. The molecule has 0 saturated heterocycles. The molecular formula is C22H21N3O5S. The molecule has 31 heavy (non-hydrogen) atoms. The van der Waals surface area contributed by atoms with Crippen LogP contribution in [0.4, 0.5) is 5.69 Å². The third-order valence-electron chi connectivity index (χ3n) is 4.22. The molecule has 0 bridgehead atoms. The molecule has 9 heteroatoms. The number of sulfonamides is 1. The van der Waals surface area contributed by atoms with E-state index in [0.717, 1.165) is 16.4 Å². The number of pyridine rings is 1. The van der Waals surface area contributed by atoms with E-state index in [0.29, 0.717) is 16.8 Å². The summed E-state index contributed by atoms with van der Waals surface area (Å²) < 4.78 is 30.9. The molecular weight excluding hydrogens is 418 g/mol. The Balaban J connectivity index is 1.47. The van der Waals surface area contributed by atoms with Crippen molar-refractivity contribution in [1.29, 1.82) is 0 Å². The highest BCUT2D eigenvalue weighted by molar-refractivity contribution is 7.92. The number of nitrogens with one attached hydrogen (secondary N) is 2. The Kier molecular flexibility index (Phi) is 7.11. The number of ether oxygens (including phenoxy) is 1. The SMILES string of the molecule is Cc1ccc(/C=C/S(=O)(=O)NCC(=O)OCC(=O)Nc2cccc3ncccc23)cc1. The van der Waals surface area contributed by atoms with Crippen molar-refractivity contribution >= 4 is 44.6 Å². The fourth-order valence-electron chi connectivity index (χ4n) is 2.65. The first-order chi connectivity index (χ1) is 14.8. The van der Waals surface area contributed by atoms with Gasteiger partial charge in [-0.05, 0) is 42.8 Å². The fourth-order valence-corrected chi connectivity index (χ4v) is 3.40. The molecule has 1 aromatic heterocycles. The average molecular weight is 439 g/mol. The number of esters is 1. The van der Waals surface area contributed by atoms with Crippen molar-refractivity contribution in [2.45, 2.75) is 6.92 Å².